The van der Waals surface area contributed by atoms with E-state index in [9.17, 15) is 0 Å². The number of halogens is 2. The van der Waals surface area contributed by atoms with Crippen LogP contribution in [0.1, 0.15) is 5.56 Å². The molecule has 0 aromatic heterocycles. The van der Waals surface area contributed by atoms with E-state index in [1.807, 2.05) is 30.3 Å². The van der Waals surface area contributed by atoms with Gasteiger partial charge >= 0.3 is 26.2 Å². The van der Waals surface area contributed by atoms with Gasteiger partial charge in [-0.15, -0.1) is 65.4 Å². The van der Waals surface area contributed by atoms with Crippen LogP contribution in [0.15, 0.2) is 66.7 Å². The Balaban J connectivity index is -0.000000119. The molecule has 3 aromatic rings. The van der Waals surface area contributed by atoms with Gasteiger partial charge in [0.2, 0.25) is 0 Å². The summed E-state index contributed by atoms with van der Waals surface area (Å²) in [6, 6.07) is 25.3. The molecule has 0 saturated carbocycles. The molecule has 0 nitrogen and oxygen atoms in total. The molecule has 112 valence electrons. The van der Waals surface area contributed by atoms with Crippen molar-refractivity contribution >= 4 is 46.6 Å². The second kappa shape index (κ2) is 16.1. The molecule has 4 heteroatoms. The van der Waals surface area contributed by atoms with Crippen molar-refractivity contribution in [3.63, 3.8) is 0 Å². The summed E-state index contributed by atoms with van der Waals surface area (Å²) in [5.41, 5.74) is 1.35. The number of hydrogen-bond donors (Lipinski definition) is 0. The molecular weight excluding hydrogens is 394 g/mol. The second-order valence-corrected chi connectivity index (χ2v) is 3.74. The van der Waals surface area contributed by atoms with Gasteiger partial charge in [-0.25, -0.2) is 0 Å². The van der Waals surface area contributed by atoms with Crippen LogP contribution in [0, 0.1) is 20.4 Å². The first-order valence-corrected chi connectivity index (χ1v) is 5.39. The predicted molar refractivity (Wildman–Crippen MR) is 100 cm³/mol. The fourth-order valence-electron chi connectivity index (χ4n) is 1.65. The third-order valence-corrected chi connectivity index (χ3v) is 2.37. The number of hydrogen-bond acceptors (Lipinski definition) is 0. The van der Waals surface area contributed by atoms with Gasteiger partial charge < -0.3 is 7.43 Å². The summed E-state index contributed by atoms with van der Waals surface area (Å²) in [4.78, 5) is 0. The molecule has 21 heavy (non-hydrogen) atoms. The standard InChI is InChI=1S/C10H9.C6H5.CH3.2ClH.H3Si.Zr/c1-8-6-9-4-2-3-5-10(9)7-8;1-2-4-6-5-3-1;;;;;/h2-7H,1H3;1-5H;1H3;2*1H;1H3;/q3*-1;;;;+3. The smallest absolute Gasteiger partial charge is 0.358 e. The summed E-state index contributed by atoms with van der Waals surface area (Å²) in [6.45, 7) is 2.12. The summed E-state index contributed by atoms with van der Waals surface area (Å²) in [6.07, 6.45) is 0. The van der Waals surface area contributed by atoms with Gasteiger partial charge in [0.1, 0.15) is 0 Å². The van der Waals surface area contributed by atoms with E-state index in [0.717, 1.165) is 0 Å². The Labute approximate surface area is 164 Å². The van der Waals surface area contributed by atoms with Gasteiger partial charge in [-0.1, -0.05) is 13.0 Å². The maximum Gasteiger partial charge on any atom is 3.00 e. The van der Waals surface area contributed by atoms with E-state index in [-0.39, 0.29) is 69.4 Å². The molecule has 3 rings (SSSR count). The van der Waals surface area contributed by atoms with Crippen LogP contribution in [-0.4, -0.2) is 11.0 Å². The third kappa shape index (κ3) is 10.1. The van der Waals surface area contributed by atoms with Crippen LogP contribution in [0.2, 0.25) is 0 Å². The largest absolute Gasteiger partial charge is 3.00 e. The van der Waals surface area contributed by atoms with Crippen molar-refractivity contribution in [2.45, 2.75) is 6.92 Å². The predicted octanol–water partition coefficient (Wildman–Crippen LogP) is 4.46. The van der Waals surface area contributed by atoms with E-state index in [4.69, 9.17) is 0 Å². The summed E-state index contributed by atoms with van der Waals surface area (Å²) in [5.74, 6) is 0. The summed E-state index contributed by atoms with van der Waals surface area (Å²) >= 11 is 0. The molecule has 0 bridgehead atoms. The van der Waals surface area contributed by atoms with E-state index in [1.54, 1.807) is 0 Å². The van der Waals surface area contributed by atoms with E-state index < -0.39 is 0 Å². The minimum Gasteiger partial charge on any atom is -0.358 e. The van der Waals surface area contributed by atoms with Crippen molar-refractivity contribution < 1.29 is 26.2 Å². The van der Waals surface area contributed by atoms with Crippen molar-refractivity contribution in [2.75, 3.05) is 0 Å². The second-order valence-electron chi connectivity index (χ2n) is 3.74. The monoisotopic (exact) mass is 414 g/mol. The van der Waals surface area contributed by atoms with Gasteiger partial charge in [-0.2, -0.15) is 42.5 Å². The third-order valence-electron chi connectivity index (χ3n) is 2.37. The molecule has 0 atom stereocenters. The van der Waals surface area contributed by atoms with Crippen molar-refractivity contribution in [1.29, 1.82) is 0 Å². The van der Waals surface area contributed by atoms with Crippen LogP contribution in [0.4, 0.5) is 0 Å². The first-order chi connectivity index (χ1) is 7.86. The van der Waals surface area contributed by atoms with Crippen LogP contribution >= 0.6 is 24.8 Å². The first kappa shape index (κ1) is 28.8. The summed E-state index contributed by atoms with van der Waals surface area (Å²) < 4.78 is 0. The fraction of sp³-hybridized carbons (Fsp3) is 0.0588. The number of benzene rings is 2. The van der Waals surface area contributed by atoms with Crippen molar-refractivity contribution in [1.82, 2.24) is 0 Å². The molecule has 0 unspecified atom stereocenters. The molecular formula is C17H22Cl2SiZr. The van der Waals surface area contributed by atoms with Crippen molar-refractivity contribution in [3.8, 4) is 0 Å². The van der Waals surface area contributed by atoms with E-state index in [1.165, 1.54) is 16.3 Å². The first-order valence-electron chi connectivity index (χ1n) is 5.39. The Morgan fingerprint density at radius 3 is 1.90 bits per heavy atom. The Morgan fingerprint density at radius 1 is 0.905 bits per heavy atom. The topological polar surface area (TPSA) is 0 Å². The van der Waals surface area contributed by atoms with Crippen LogP contribution in [-0.2, 0) is 26.2 Å². The Kier molecular flexibility index (Phi) is 22.1. The maximum atomic E-state index is 2.89. The SMILES string of the molecule is Cc1cc2ccccc2[cH-]1.Cl.Cl.[CH3-].[SiH3].[Zr+3].[c-]1ccccc1. The molecule has 0 amide bonds. The zero-order valence-corrected chi connectivity index (χ0v) is 18.8. The van der Waals surface area contributed by atoms with Gasteiger partial charge in [0, 0.05) is 0 Å². The van der Waals surface area contributed by atoms with Crippen LogP contribution in [0.5, 0.6) is 0 Å². The van der Waals surface area contributed by atoms with Gasteiger partial charge in [0.05, 0.1) is 0 Å². The molecule has 2 radical (unpaired) electrons. The fourth-order valence-corrected chi connectivity index (χ4v) is 1.65. The van der Waals surface area contributed by atoms with Gasteiger partial charge in [-0.3, -0.25) is 0 Å². The van der Waals surface area contributed by atoms with E-state index >= 15 is 0 Å². The van der Waals surface area contributed by atoms with E-state index in [0.29, 0.717) is 0 Å². The minimum absolute atomic E-state index is 0. The molecule has 0 saturated heterocycles. The maximum absolute atomic E-state index is 2.89. The average molecular weight is 417 g/mol. The molecule has 0 aliphatic carbocycles. The Bertz CT molecular complexity index is 493. The van der Waals surface area contributed by atoms with Crippen LogP contribution < -0.4 is 0 Å². The Hall–Kier alpha value is -0.270. The van der Waals surface area contributed by atoms with Gasteiger partial charge in [-0.05, 0) is 11.0 Å². The molecule has 0 aliphatic rings. The molecule has 0 spiro atoms. The molecule has 0 N–H and O–H groups in total. The normalized spacial score (nSPS) is 7.29. The summed E-state index contributed by atoms with van der Waals surface area (Å²) in [5, 5.41) is 2.69. The zero-order chi connectivity index (χ0) is 11.2. The van der Waals surface area contributed by atoms with Crippen LogP contribution in [0.3, 0.4) is 0 Å². The minimum atomic E-state index is 0. The van der Waals surface area contributed by atoms with E-state index in [2.05, 4.69) is 49.4 Å². The van der Waals surface area contributed by atoms with Crippen molar-refractivity contribution in [3.05, 3.63) is 85.8 Å². The van der Waals surface area contributed by atoms with Gasteiger partial charge in [0.25, 0.3) is 0 Å². The molecule has 0 aliphatic heterocycles. The number of aryl methyl sites for hydroxylation is 1. The van der Waals surface area contributed by atoms with Crippen LogP contribution in [0.25, 0.3) is 10.8 Å². The molecule has 0 fully saturated rings. The number of rotatable bonds is 0. The Morgan fingerprint density at radius 2 is 1.48 bits per heavy atom. The van der Waals surface area contributed by atoms with Gasteiger partial charge in [0.15, 0.2) is 0 Å². The summed E-state index contributed by atoms with van der Waals surface area (Å²) in [7, 11) is 0. The quantitative estimate of drug-likeness (QED) is 0.375. The molecule has 0 heterocycles. The molecule has 3 aromatic carbocycles. The average Bonchev–Trinajstić information content (AvgIpc) is 2.72. The number of fused-ring (bicyclic) bond motifs is 1. The zero-order valence-electron chi connectivity index (χ0n) is 12.7. The van der Waals surface area contributed by atoms with Crippen molar-refractivity contribution in [2.24, 2.45) is 0 Å².